The molecule has 1 saturated heterocycles. The van der Waals surface area contributed by atoms with Gasteiger partial charge in [-0.2, -0.15) is 0 Å². The highest BCUT2D eigenvalue weighted by Crippen LogP contribution is 2.31. The molecule has 0 amide bonds. The third-order valence-electron chi connectivity index (χ3n) is 4.65. The zero-order valence-electron chi connectivity index (χ0n) is 16.9. The van der Waals surface area contributed by atoms with E-state index in [2.05, 4.69) is 16.8 Å². The molecule has 1 heterocycles. The molecule has 30 heavy (non-hydrogen) atoms. The van der Waals surface area contributed by atoms with E-state index in [4.69, 9.17) is 40.9 Å². The Kier molecular flexibility index (Phi) is 9.82. The first-order valence-electron chi connectivity index (χ1n) is 9.63. The number of likely N-dealkylation sites (N-methyl/N-ethyl adjacent to an activating group) is 1. The smallest absolute Gasteiger partial charge is 0.414 e. The van der Waals surface area contributed by atoms with E-state index in [9.17, 15) is 0 Å². The van der Waals surface area contributed by atoms with Gasteiger partial charge in [0.15, 0.2) is 0 Å². The highest BCUT2D eigenvalue weighted by atomic mass is 35.5. The van der Waals surface area contributed by atoms with Gasteiger partial charge in [0.2, 0.25) is 0 Å². The molecule has 0 radical (unpaired) electrons. The number of piperazine rings is 1. The highest BCUT2D eigenvalue weighted by molar-refractivity contribution is 6.35. The minimum absolute atomic E-state index is 0.550. The van der Waals surface area contributed by atoms with E-state index in [0.717, 1.165) is 60.9 Å². The van der Waals surface area contributed by atoms with Crippen molar-refractivity contribution in [2.45, 2.75) is 0 Å². The first kappa shape index (κ1) is 23.9. The SMILES string of the molecule is CN1CCN(CCOCCOc2ccc(Cl)c3ccccc23)CC1.O=C(O)C(=O)O. The van der Waals surface area contributed by atoms with Crippen molar-refractivity contribution in [3.05, 3.63) is 41.4 Å². The van der Waals surface area contributed by atoms with Gasteiger partial charge >= 0.3 is 11.9 Å². The van der Waals surface area contributed by atoms with Crippen LogP contribution >= 0.6 is 11.6 Å². The predicted octanol–water partition coefficient (Wildman–Crippen LogP) is 2.29. The van der Waals surface area contributed by atoms with Gasteiger partial charge in [-0.3, -0.25) is 4.90 Å². The van der Waals surface area contributed by atoms with Gasteiger partial charge in [0.25, 0.3) is 0 Å². The maximum atomic E-state index is 9.10. The summed E-state index contributed by atoms with van der Waals surface area (Å²) in [6, 6.07) is 11.8. The summed E-state index contributed by atoms with van der Waals surface area (Å²) in [5.41, 5.74) is 0. The molecular weight excluding hydrogens is 412 g/mol. The topological polar surface area (TPSA) is 99.5 Å². The molecular formula is C21H27ClN2O6. The Balaban J connectivity index is 0.000000469. The Hall–Kier alpha value is -2.39. The van der Waals surface area contributed by atoms with Crippen molar-refractivity contribution in [1.82, 2.24) is 9.80 Å². The lowest BCUT2D eigenvalue weighted by Crippen LogP contribution is -2.45. The second kappa shape index (κ2) is 12.3. The number of hydrogen-bond donors (Lipinski definition) is 2. The summed E-state index contributed by atoms with van der Waals surface area (Å²) in [5.74, 6) is -2.79. The van der Waals surface area contributed by atoms with Crippen molar-refractivity contribution in [2.24, 2.45) is 0 Å². The number of nitrogens with zero attached hydrogens (tertiary/aromatic N) is 2. The van der Waals surface area contributed by atoms with Crippen molar-refractivity contribution >= 4 is 34.3 Å². The molecule has 2 N–H and O–H groups in total. The number of fused-ring (bicyclic) bond motifs is 1. The van der Waals surface area contributed by atoms with Crippen LogP contribution in [0.3, 0.4) is 0 Å². The summed E-state index contributed by atoms with van der Waals surface area (Å²) in [7, 11) is 2.17. The molecule has 0 atom stereocenters. The maximum absolute atomic E-state index is 9.10. The fourth-order valence-electron chi connectivity index (χ4n) is 2.94. The average Bonchev–Trinajstić information content (AvgIpc) is 2.74. The number of rotatable bonds is 7. The fourth-order valence-corrected chi connectivity index (χ4v) is 3.17. The van der Waals surface area contributed by atoms with Crippen LogP contribution in [0, 0.1) is 0 Å². The Labute approximate surface area is 180 Å². The van der Waals surface area contributed by atoms with Crippen molar-refractivity contribution in [2.75, 3.05) is 59.6 Å². The zero-order valence-corrected chi connectivity index (χ0v) is 17.7. The molecule has 2 aromatic rings. The summed E-state index contributed by atoms with van der Waals surface area (Å²) < 4.78 is 11.6. The van der Waals surface area contributed by atoms with Crippen LogP contribution < -0.4 is 4.74 Å². The molecule has 1 aliphatic heterocycles. The maximum Gasteiger partial charge on any atom is 0.414 e. The molecule has 0 saturated carbocycles. The van der Waals surface area contributed by atoms with Crippen LogP contribution in [-0.4, -0.2) is 91.5 Å². The third-order valence-corrected chi connectivity index (χ3v) is 4.98. The summed E-state index contributed by atoms with van der Waals surface area (Å²) in [4.78, 5) is 23.0. The third kappa shape index (κ3) is 7.79. The van der Waals surface area contributed by atoms with E-state index >= 15 is 0 Å². The largest absolute Gasteiger partial charge is 0.491 e. The summed E-state index contributed by atoms with van der Waals surface area (Å²) in [6.07, 6.45) is 0. The first-order valence-corrected chi connectivity index (χ1v) is 10.0. The molecule has 0 unspecified atom stereocenters. The Morgan fingerprint density at radius 1 is 0.933 bits per heavy atom. The van der Waals surface area contributed by atoms with Gasteiger partial charge < -0.3 is 24.6 Å². The summed E-state index contributed by atoms with van der Waals surface area (Å²) >= 11 is 6.23. The number of carbonyl (C=O) groups is 2. The predicted molar refractivity (Wildman–Crippen MR) is 114 cm³/mol. The summed E-state index contributed by atoms with van der Waals surface area (Å²) in [5, 5.41) is 17.6. The van der Waals surface area contributed by atoms with Gasteiger partial charge in [-0.05, 0) is 19.2 Å². The van der Waals surface area contributed by atoms with Gasteiger partial charge in [0.1, 0.15) is 12.4 Å². The molecule has 8 nitrogen and oxygen atoms in total. The van der Waals surface area contributed by atoms with E-state index in [1.807, 2.05) is 36.4 Å². The standard InChI is InChI=1S/C19H25ClN2O2.C2H2O4/c1-21-8-10-22(11-9-21)12-13-23-14-15-24-19-7-6-18(20)16-4-2-3-5-17(16)19;3-1(4)2(5)6/h2-7H,8-15H2,1H3;(H,3,4)(H,5,6). The molecule has 1 aliphatic rings. The number of carboxylic acid groups (broad SMARTS) is 2. The molecule has 1 fully saturated rings. The zero-order chi connectivity index (χ0) is 21.9. The van der Waals surface area contributed by atoms with Gasteiger partial charge in [0.05, 0.1) is 13.2 Å². The average molecular weight is 439 g/mol. The quantitative estimate of drug-likeness (QED) is 0.501. The van der Waals surface area contributed by atoms with Crippen LogP contribution in [0.5, 0.6) is 5.75 Å². The molecule has 3 rings (SSSR count). The van der Waals surface area contributed by atoms with Crippen LogP contribution in [0.4, 0.5) is 0 Å². The van der Waals surface area contributed by atoms with E-state index in [0.29, 0.717) is 13.2 Å². The van der Waals surface area contributed by atoms with Crippen LogP contribution in [0.25, 0.3) is 10.8 Å². The number of benzene rings is 2. The number of ether oxygens (including phenoxy) is 2. The van der Waals surface area contributed by atoms with Crippen molar-refractivity contribution in [1.29, 1.82) is 0 Å². The molecule has 0 aliphatic carbocycles. The molecule has 0 bridgehead atoms. The lowest BCUT2D eigenvalue weighted by molar-refractivity contribution is -0.159. The molecule has 9 heteroatoms. The monoisotopic (exact) mass is 438 g/mol. The van der Waals surface area contributed by atoms with Gasteiger partial charge in [-0.25, -0.2) is 9.59 Å². The van der Waals surface area contributed by atoms with Gasteiger partial charge in [0, 0.05) is 48.5 Å². The Morgan fingerprint density at radius 2 is 1.57 bits per heavy atom. The first-order chi connectivity index (χ1) is 14.4. The van der Waals surface area contributed by atoms with Crippen LogP contribution in [-0.2, 0) is 14.3 Å². The summed E-state index contributed by atoms with van der Waals surface area (Å²) in [6.45, 7) is 7.46. The molecule has 0 spiro atoms. The van der Waals surface area contributed by atoms with Crippen LogP contribution in [0.1, 0.15) is 0 Å². The molecule has 0 aromatic heterocycles. The number of aliphatic carboxylic acids is 2. The number of carboxylic acids is 2. The second-order valence-electron chi connectivity index (χ2n) is 6.81. The second-order valence-corrected chi connectivity index (χ2v) is 7.21. The fraction of sp³-hybridized carbons (Fsp3) is 0.429. The minimum atomic E-state index is -1.82. The van der Waals surface area contributed by atoms with Gasteiger partial charge in [-0.1, -0.05) is 35.9 Å². The highest BCUT2D eigenvalue weighted by Gasteiger charge is 2.12. The lowest BCUT2D eigenvalue weighted by Gasteiger charge is -2.32. The molecule has 164 valence electrons. The normalized spacial score (nSPS) is 14.7. The number of hydrogen-bond acceptors (Lipinski definition) is 6. The van der Waals surface area contributed by atoms with E-state index in [-0.39, 0.29) is 0 Å². The van der Waals surface area contributed by atoms with Crippen molar-refractivity contribution in [3.8, 4) is 5.75 Å². The van der Waals surface area contributed by atoms with Crippen molar-refractivity contribution in [3.63, 3.8) is 0 Å². The number of halogens is 1. The van der Waals surface area contributed by atoms with E-state index in [1.165, 1.54) is 0 Å². The minimum Gasteiger partial charge on any atom is -0.491 e. The van der Waals surface area contributed by atoms with Crippen LogP contribution in [0.2, 0.25) is 5.02 Å². The molecule has 2 aromatic carbocycles. The van der Waals surface area contributed by atoms with Crippen molar-refractivity contribution < 1.29 is 29.3 Å². The Morgan fingerprint density at radius 3 is 2.20 bits per heavy atom. The van der Waals surface area contributed by atoms with E-state index < -0.39 is 11.9 Å². The van der Waals surface area contributed by atoms with Gasteiger partial charge in [-0.15, -0.1) is 0 Å². The lowest BCUT2D eigenvalue weighted by atomic mass is 10.1. The van der Waals surface area contributed by atoms with E-state index in [1.54, 1.807) is 0 Å². The Bertz CT molecular complexity index is 827. The van der Waals surface area contributed by atoms with Crippen LogP contribution in [0.15, 0.2) is 36.4 Å².